The lowest BCUT2D eigenvalue weighted by atomic mass is 9.87. The maximum absolute atomic E-state index is 13.6. The molecule has 2 unspecified atom stereocenters. The van der Waals surface area contributed by atoms with Crippen LogP contribution in [-0.4, -0.2) is 139 Å². The van der Waals surface area contributed by atoms with Crippen molar-refractivity contribution in [2.75, 3.05) is 40.5 Å². The van der Waals surface area contributed by atoms with Crippen LogP contribution >= 0.6 is 127 Å². The number of rotatable bonds is 23. The van der Waals surface area contributed by atoms with Crippen LogP contribution in [0.25, 0.3) is 0 Å². The topological polar surface area (TPSA) is 312 Å². The molecule has 0 saturated carbocycles. The van der Waals surface area contributed by atoms with Gasteiger partial charge in [-0.1, -0.05) is 10.3 Å². The lowest BCUT2D eigenvalue weighted by molar-refractivity contribution is -0.142. The molecule has 2 spiro atoms. The van der Waals surface area contributed by atoms with Crippen LogP contribution in [0.1, 0.15) is 36.8 Å². The number of benzene rings is 2. The van der Waals surface area contributed by atoms with E-state index in [4.69, 9.17) is 28.6 Å². The van der Waals surface area contributed by atoms with E-state index in [-0.39, 0.29) is 63.4 Å². The first-order valence-corrected chi connectivity index (χ1v) is 29.7. The third-order valence-corrected chi connectivity index (χ3v) is 17.1. The zero-order valence-corrected chi connectivity index (χ0v) is 52.4. The average molecular weight is 1580 g/mol. The van der Waals surface area contributed by atoms with E-state index in [1.807, 2.05) is 4.72 Å². The molecular formula is C44H44Br8N6O16S. The molecule has 31 heteroatoms. The van der Waals surface area contributed by atoms with Crippen molar-refractivity contribution in [1.82, 2.24) is 20.7 Å². The number of nitrogens with zero attached hydrogens (tertiary/aromatic N) is 2. The average Bonchev–Trinajstić information content (AvgIpc) is 3.96. The Hall–Kier alpha value is -2.95. The minimum absolute atomic E-state index is 0.00773. The molecule has 0 fully saturated rings. The fourth-order valence-corrected chi connectivity index (χ4v) is 14.9. The molecule has 6 rings (SSSR count). The molecule has 6 atom stereocenters. The quantitative estimate of drug-likeness (QED) is 0.0437. The van der Waals surface area contributed by atoms with Crippen molar-refractivity contribution < 1.29 is 76.1 Å². The summed E-state index contributed by atoms with van der Waals surface area (Å²) in [6.07, 6.45) is 0.899. The molecule has 8 N–H and O–H groups in total. The third-order valence-electron chi connectivity index (χ3n) is 11.4. The van der Waals surface area contributed by atoms with E-state index < -0.39 is 69.5 Å². The lowest BCUT2D eigenvalue weighted by Gasteiger charge is -2.33. The summed E-state index contributed by atoms with van der Waals surface area (Å²) < 4.78 is 61.5. The zero-order chi connectivity index (χ0) is 55.2. The zero-order valence-electron chi connectivity index (χ0n) is 38.9. The van der Waals surface area contributed by atoms with Gasteiger partial charge in [0.2, 0.25) is 5.91 Å². The molecule has 408 valence electrons. The number of methoxy groups -OCH3 is 2. The molecule has 4 aliphatic rings. The Bertz CT molecular complexity index is 2880. The van der Waals surface area contributed by atoms with Crippen molar-refractivity contribution in [1.29, 1.82) is 0 Å². The number of carbonyl (C=O) groups excluding carboxylic acids is 3. The minimum atomic E-state index is -4.98. The first kappa shape index (κ1) is 61.3. The van der Waals surface area contributed by atoms with Crippen LogP contribution in [-0.2, 0) is 61.5 Å². The van der Waals surface area contributed by atoms with Crippen molar-refractivity contribution in [3.05, 3.63) is 94.9 Å². The normalized spacial score (nSPS) is 22.0. The van der Waals surface area contributed by atoms with Crippen LogP contribution < -0.4 is 30.1 Å². The number of allylic oxidation sites excluding steroid dienone is 2. The van der Waals surface area contributed by atoms with Crippen molar-refractivity contribution in [2.45, 2.75) is 74.0 Å². The molecule has 0 aromatic heterocycles. The molecule has 2 aromatic rings. The summed E-state index contributed by atoms with van der Waals surface area (Å²) >= 11 is 27.2. The van der Waals surface area contributed by atoms with Crippen LogP contribution in [0.4, 0.5) is 0 Å². The van der Waals surface area contributed by atoms with Crippen LogP contribution in [0.5, 0.6) is 11.5 Å². The fraction of sp³-hybridized carbons (Fsp3) is 0.409. The number of oxime groups is 2. The molecule has 2 heterocycles. The maximum atomic E-state index is 13.6. The predicted octanol–water partition coefficient (Wildman–Crippen LogP) is 6.47. The van der Waals surface area contributed by atoms with Gasteiger partial charge in [0, 0.05) is 32.4 Å². The van der Waals surface area contributed by atoms with Crippen LogP contribution in [0.2, 0.25) is 0 Å². The van der Waals surface area contributed by atoms with Gasteiger partial charge in [0.1, 0.15) is 58.7 Å². The van der Waals surface area contributed by atoms with E-state index in [2.05, 4.69) is 154 Å². The number of amides is 3. The number of carboxylic acids is 1. The number of ether oxygens (including phenoxy) is 4. The van der Waals surface area contributed by atoms with Gasteiger partial charge in [-0.05, 0) is 194 Å². The summed E-state index contributed by atoms with van der Waals surface area (Å²) in [5, 5.41) is 47.6. The van der Waals surface area contributed by atoms with Gasteiger partial charge in [-0.3, -0.25) is 18.9 Å². The smallest absolute Gasteiger partial charge is 0.334 e. The van der Waals surface area contributed by atoms with Crippen molar-refractivity contribution in [2.24, 2.45) is 10.3 Å². The highest BCUT2D eigenvalue weighted by atomic mass is 79.9. The van der Waals surface area contributed by atoms with Gasteiger partial charge in [-0.15, -0.1) is 0 Å². The highest BCUT2D eigenvalue weighted by Crippen LogP contribution is 2.46. The molecule has 3 amide bonds. The molecule has 0 bridgehead atoms. The van der Waals surface area contributed by atoms with Gasteiger partial charge in [-0.25, -0.2) is 4.79 Å². The number of aliphatic carboxylic acids is 1. The summed E-state index contributed by atoms with van der Waals surface area (Å²) in [6.45, 7) is 0.644. The Balaban J connectivity index is 0.969. The number of hydrogen-bond acceptors (Lipinski definition) is 16. The molecule has 0 radical (unpaired) electrons. The van der Waals surface area contributed by atoms with Crippen LogP contribution in [0.15, 0.2) is 94.1 Å². The largest absolute Gasteiger partial charge is 0.495 e. The van der Waals surface area contributed by atoms with Gasteiger partial charge < -0.3 is 59.9 Å². The summed E-state index contributed by atoms with van der Waals surface area (Å²) in [6, 6.07) is 3.03. The van der Waals surface area contributed by atoms with E-state index in [1.54, 1.807) is 36.4 Å². The van der Waals surface area contributed by atoms with Crippen LogP contribution in [0, 0.1) is 0 Å². The minimum Gasteiger partial charge on any atom is -0.495 e. The number of hydrogen-bond donors (Lipinski definition) is 8. The van der Waals surface area contributed by atoms with Gasteiger partial charge >= 0.3 is 16.3 Å². The Kier molecular flexibility index (Phi) is 21.5. The molecule has 22 nitrogen and oxygen atoms in total. The number of aliphatic hydroxyl groups is 2. The Morgan fingerprint density at radius 3 is 1.44 bits per heavy atom. The molecule has 75 heavy (non-hydrogen) atoms. The third kappa shape index (κ3) is 15.0. The number of carboxylic acid groups (broad SMARTS) is 1. The second-order valence-corrected chi connectivity index (χ2v) is 24.7. The molecule has 2 aliphatic heterocycles. The van der Waals surface area contributed by atoms with Crippen LogP contribution in [0.3, 0.4) is 0 Å². The lowest BCUT2D eigenvalue weighted by Crippen LogP contribution is -2.52. The van der Waals surface area contributed by atoms with Crippen molar-refractivity contribution in [3.8, 4) is 11.5 Å². The van der Waals surface area contributed by atoms with E-state index in [0.29, 0.717) is 82.8 Å². The molecule has 2 aromatic carbocycles. The number of halogens is 8. The van der Waals surface area contributed by atoms with Gasteiger partial charge in [0.05, 0.1) is 63.3 Å². The second-order valence-electron chi connectivity index (χ2n) is 16.7. The number of aliphatic hydroxyl groups excluding tert-OH is 2. The SMILES string of the molecule is COC1=C(Br)[C@@H](O)[C@]2(C=C1Br)CC(C(=O)NCCCOc1c(Br)cc(CC(NC(=O)C(Cc3cc(Br)c(OCCCNC(=O)C4=NO[C@@]5(C=C(Br)C(OC)=C(Br)[C@H]5O)C4)c(Br)c3)NS(=O)(=O)O)C(=O)O)cc1Br)=NO2. The van der Waals surface area contributed by atoms with Crippen molar-refractivity contribution >= 4 is 173 Å². The van der Waals surface area contributed by atoms with Gasteiger partial charge in [0.15, 0.2) is 11.2 Å². The van der Waals surface area contributed by atoms with Gasteiger partial charge in [0.25, 0.3) is 11.8 Å². The first-order valence-electron chi connectivity index (χ1n) is 21.9. The highest BCUT2D eigenvalue weighted by Gasteiger charge is 2.52. The van der Waals surface area contributed by atoms with Crippen molar-refractivity contribution in [3.63, 3.8) is 0 Å². The molecule has 0 saturated heterocycles. The van der Waals surface area contributed by atoms with E-state index >= 15 is 0 Å². The molecule has 2 aliphatic carbocycles. The fourth-order valence-electron chi connectivity index (χ4n) is 7.79. The summed E-state index contributed by atoms with van der Waals surface area (Å²) in [5.74, 6) is -2.00. The Labute approximate surface area is 496 Å². The summed E-state index contributed by atoms with van der Waals surface area (Å²) in [4.78, 5) is 63.0. The summed E-state index contributed by atoms with van der Waals surface area (Å²) in [7, 11) is -2.08. The number of carbonyl (C=O) groups is 4. The van der Waals surface area contributed by atoms with Gasteiger partial charge in [-0.2, -0.15) is 13.1 Å². The van der Waals surface area contributed by atoms with E-state index in [0.717, 1.165) is 0 Å². The first-order chi connectivity index (χ1) is 35.3. The maximum Gasteiger partial charge on any atom is 0.334 e. The standard InChI is InChI=1S/C44H44Br8N6O16S/c1-69-35-25(49)15-43(37(59)31(35)51)17-29(56-73-43)39(61)53-5-3-7-71-33-21(45)9-19(10-22(33)46)13-27(58-75(66,67)68)41(63)55-28(42(64)65)14-20-11-23(47)34(24(48)12-20)72-8-4-6-54-40(62)30-18-44(74-57-30)16-26(50)36(70-2)32(52)38(44)60/h9-12,15-16,27-28,37-38,58-60H,3-8,13-14,17-18H2,1-2H3,(H,53,61)(H,54,62)(H,55,63)(H,64,65)(H,66,67,68)/t27?,28?,37-,38-,43+,44+/m1/s1. The second kappa shape index (κ2) is 26.3. The van der Waals surface area contributed by atoms with E-state index in [9.17, 15) is 47.5 Å². The number of nitrogens with one attached hydrogen (secondary N) is 4. The molecular weight excluding hydrogens is 1540 g/mol. The highest BCUT2D eigenvalue weighted by molar-refractivity contribution is 9.13. The van der Waals surface area contributed by atoms with E-state index in [1.165, 1.54) is 14.2 Å². The summed E-state index contributed by atoms with van der Waals surface area (Å²) in [5.41, 5.74) is -1.67. The monoisotopic (exact) mass is 1580 g/mol. The Morgan fingerprint density at radius 2 is 1.08 bits per heavy atom. The Morgan fingerprint density at radius 1 is 0.693 bits per heavy atom. The predicted molar refractivity (Wildman–Crippen MR) is 299 cm³/mol.